The lowest BCUT2D eigenvalue weighted by atomic mass is 10.2. The second-order valence-corrected chi connectivity index (χ2v) is 6.12. The van der Waals surface area contributed by atoms with Gasteiger partial charge in [0, 0.05) is 45.2 Å². The molecule has 1 fully saturated rings. The van der Waals surface area contributed by atoms with Crippen molar-refractivity contribution < 1.29 is 9.53 Å². The molecule has 0 aliphatic carbocycles. The molecule has 1 amide bonds. The summed E-state index contributed by atoms with van der Waals surface area (Å²) in [5.41, 5.74) is 1.82. The van der Waals surface area contributed by atoms with Crippen molar-refractivity contribution in [1.29, 1.82) is 0 Å². The molecule has 1 aliphatic heterocycles. The van der Waals surface area contributed by atoms with E-state index in [9.17, 15) is 4.79 Å². The van der Waals surface area contributed by atoms with Crippen LogP contribution in [0.15, 0.2) is 12.3 Å². The summed E-state index contributed by atoms with van der Waals surface area (Å²) >= 11 is 0. The molecule has 1 aliphatic rings. The van der Waals surface area contributed by atoms with Crippen molar-refractivity contribution in [3.63, 3.8) is 0 Å². The van der Waals surface area contributed by atoms with Crippen LogP contribution in [0.5, 0.6) is 0 Å². The number of ether oxygens (including phenoxy) is 1. The zero-order valence-corrected chi connectivity index (χ0v) is 13.6. The molecule has 2 heterocycles. The lowest BCUT2D eigenvalue weighted by Crippen LogP contribution is -2.41. The molecule has 0 spiro atoms. The summed E-state index contributed by atoms with van der Waals surface area (Å²) in [4.78, 5) is 16.9. The highest BCUT2D eigenvalue weighted by molar-refractivity contribution is 5.95. The van der Waals surface area contributed by atoms with Crippen molar-refractivity contribution in [2.75, 3.05) is 40.3 Å². The maximum atomic E-state index is 12.8. The average molecular weight is 293 g/mol. The molecule has 118 valence electrons. The first kappa shape index (κ1) is 16.0. The fourth-order valence-electron chi connectivity index (χ4n) is 2.64. The zero-order valence-electron chi connectivity index (χ0n) is 13.6. The molecule has 0 N–H and O–H groups in total. The summed E-state index contributed by atoms with van der Waals surface area (Å²) in [5, 5.41) is 0. The maximum absolute atomic E-state index is 12.8. The van der Waals surface area contributed by atoms with Crippen molar-refractivity contribution in [2.45, 2.75) is 25.9 Å². The van der Waals surface area contributed by atoms with Crippen LogP contribution in [0.4, 0.5) is 0 Å². The average Bonchev–Trinajstić information content (AvgIpc) is 3.05. The number of hydrogen-bond donors (Lipinski definition) is 0. The Labute approximate surface area is 127 Å². The minimum Gasteiger partial charge on any atom is -0.376 e. The van der Waals surface area contributed by atoms with Gasteiger partial charge in [-0.15, -0.1) is 0 Å². The van der Waals surface area contributed by atoms with Gasteiger partial charge < -0.3 is 19.1 Å². The highest BCUT2D eigenvalue weighted by atomic mass is 16.5. The predicted molar refractivity (Wildman–Crippen MR) is 83.6 cm³/mol. The summed E-state index contributed by atoms with van der Waals surface area (Å²) in [6.07, 6.45) is 4.29. The van der Waals surface area contributed by atoms with Crippen molar-refractivity contribution >= 4 is 5.91 Å². The molecule has 0 bridgehead atoms. The molecule has 0 saturated carbocycles. The molecule has 1 aromatic heterocycles. The third-order valence-corrected chi connectivity index (χ3v) is 4.17. The number of aromatic nitrogens is 1. The Hall–Kier alpha value is -1.33. The van der Waals surface area contributed by atoms with Gasteiger partial charge in [0.15, 0.2) is 0 Å². The smallest absolute Gasteiger partial charge is 0.255 e. The lowest BCUT2D eigenvalue weighted by Gasteiger charge is -2.27. The van der Waals surface area contributed by atoms with E-state index < -0.39 is 0 Å². The van der Waals surface area contributed by atoms with Gasteiger partial charge in [-0.25, -0.2) is 0 Å². The van der Waals surface area contributed by atoms with Crippen molar-refractivity contribution in [1.82, 2.24) is 14.4 Å². The molecule has 1 saturated heterocycles. The van der Waals surface area contributed by atoms with Crippen LogP contribution >= 0.6 is 0 Å². The van der Waals surface area contributed by atoms with Crippen LogP contribution in [0, 0.1) is 6.92 Å². The standard InChI is InChI=1S/C16H27N3O2/c1-13-15(7-8-18(13)4)16(20)19(10-9-17(2)3)12-14-6-5-11-21-14/h7-8,14H,5-6,9-12H2,1-4H3/t14-/m0/s1. The van der Waals surface area contributed by atoms with Crippen LogP contribution < -0.4 is 0 Å². The van der Waals surface area contributed by atoms with Crippen molar-refractivity contribution in [2.24, 2.45) is 7.05 Å². The molecule has 0 radical (unpaired) electrons. The molecule has 21 heavy (non-hydrogen) atoms. The Morgan fingerprint density at radius 2 is 2.19 bits per heavy atom. The van der Waals surface area contributed by atoms with E-state index in [1.165, 1.54) is 0 Å². The molecule has 5 heteroatoms. The number of aryl methyl sites for hydroxylation is 1. The number of rotatable bonds is 6. The van der Waals surface area contributed by atoms with E-state index in [1.54, 1.807) is 0 Å². The molecule has 0 aromatic carbocycles. The normalized spacial score (nSPS) is 18.4. The summed E-state index contributed by atoms with van der Waals surface area (Å²) in [5.74, 6) is 0.116. The first-order valence-electron chi connectivity index (χ1n) is 7.66. The summed E-state index contributed by atoms with van der Waals surface area (Å²) in [6, 6.07) is 1.91. The Balaban J connectivity index is 2.08. The molecule has 1 atom stereocenters. The molecular weight excluding hydrogens is 266 g/mol. The van der Waals surface area contributed by atoms with E-state index in [0.717, 1.165) is 43.8 Å². The van der Waals surface area contributed by atoms with Gasteiger partial charge in [-0.05, 0) is 39.9 Å². The van der Waals surface area contributed by atoms with E-state index in [1.807, 2.05) is 49.8 Å². The Morgan fingerprint density at radius 1 is 1.43 bits per heavy atom. The summed E-state index contributed by atoms with van der Waals surface area (Å²) in [6.45, 7) is 5.11. The Bertz CT molecular complexity index is 476. The molecule has 5 nitrogen and oxygen atoms in total. The van der Waals surface area contributed by atoms with Gasteiger partial charge in [-0.2, -0.15) is 0 Å². The monoisotopic (exact) mass is 293 g/mol. The SMILES string of the molecule is Cc1c(C(=O)N(CCN(C)C)C[C@@H]2CCCO2)ccn1C. The second kappa shape index (κ2) is 7.09. The third kappa shape index (κ3) is 4.08. The Kier molecular flexibility index (Phi) is 5.42. The first-order valence-corrected chi connectivity index (χ1v) is 7.66. The molecule has 2 rings (SSSR count). The lowest BCUT2D eigenvalue weighted by molar-refractivity contribution is 0.0511. The number of hydrogen-bond acceptors (Lipinski definition) is 3. The first-order chi connectivity index (χ1) is 9.99. The van der Waals surface area contributed by atoms with Gasteiger partial charge in [-0.3, -0.25) is 4.79 Å². The number of amides is 1. The number of nitrogens with zero attached hydrogens (tertiary/aromatic N) is 3. The minimum absolute atomic E-state index is 0.116. The van der Waals surface area contributed by atoms with Gasteiger partial charge in [0.05, 0.1) is 11.7 Å². The van der Waals surface area contributed by atoms with Crippen molar-refractivity contribution in [3.05, 3.63) is 23.5 Å². The van der Waals surface area contributed by atoms with Crippen LogP contribution in [-0.2, 0) is 11.8 Å². The third-order valence-electron chi connectivity index (χ3n) is 4.17. The highest BCUT2D eigenvalue weighted by Gasteiger charge is 2.24. The van der Waals surface area contributed by atoms with Gasteiger partial charge in [0.1, 0.15) is 0 Å². The maximum Gasteiger partial charge on any atom is 0.255 e. The van der Waals surface area contributed by atoms with Gasteiger partial charge in [0.2, 0.25) is 0 Å². The quantitative estimate of drug-likeness (QED) is 0.798. The fraction of sp³-hybridized carbons (Fsp3) is 0.688. The number of likely N-dealkylation sites (N-methyl/N-ethyl adjacent to an activating group) is 1. The second-order valence-electron chi connectivity index (χ2n) is 6.12. The predicted octanol–water partition coefficient (Wildman–Crippen LogP) is 1.52. The number of carbonyl (C=O) groups is 1. The number of carbonyl (C=O) groups excluding carboxylic acids is 1. The van der Waals surface area contributed by atoms with Crippen LogP contribution in [0.1, 0.15) is 28.9 Å². The Morgan fingerprint density at radius 3 is 2.71 bits per heavy atom. The molecular formula is C16H27N3O2. The van der Waals surface area contributed by atoms with Gasteiger partial charge in [0.25, 0.3) is 5.91 Å². The zero-order chi connectivity index (χ0) is 15.4. The van der Waals surface area contributed by atoms with E-state index >= 15 is 0 Å². The van der Waals surface area contributed by atoms with Crippen molar-refractivity contribution in [3.8, 4) is 0 Å². The molecule has 1 aromatic rings. The van der Waals surface area contributed by atoms with E-state index in [0.29, 0.717) is 6.54 Å². The van der Waals surface area contributed by atoms with E-state index in [2.05, 4.69) is 4.90 Å². The van der Waals surface area contributed by atoms with Crippen LogP contribution in [-0.4, -0.2) is 66.7 Å². The van der Waals surface area contributed by atoms with Crippen LogP contribution in [0.2, 0.25) is 0 Å². The van der Waals surface area contributed by atoms with Crippen LogP contribution in [0.25, 0.3) is 0 Å². The minimum atomic E-state index is 0.116. The van der Waals surface area contributed by atoms with E-state index in [-0.39, 0.29) is 12.0 Å². The largest absolute Gasteiger partial charge is 0.376 e. The van der Waals surface area contributed by atoms with E-state index in [4.69, 9.17) is 4.74 Å². The topological polar surface area (TPSA) is 37.7 Å². The van der Waals surface area contributed by atoms with Gasteiger partial charge in [-0.1, -0.05) is 0 Å². The fourth-order valence-corrected chi connectivity index (χ4v) is 2.64. The van der Waals surface area contributed by atoms with Gasteiger partial charge >= 0.3 is 0 Å². The summed E-state index contributed by atoms with van der Waals surface area (Å²) < 4.78 is 7.69. The highest BCUT2D eigenvalue weighted by Crippen LogP contribution is 2.17. The summed E-state index contributed by atoms with van der Waals surface area (Å²) in [7, 11) is 6.03. The van der Waals surface area contributed by atoms with Crippen LogP contribution in [0.3, 0.4) is 0 Å². The molecule has 0 unspecified atom stereocenters.